The fraction of sp³-hybridized carbons (Fsp3) is 0.706. The Bertz CT molecular complexity index is 303. The second-order valence-corrected chi connectivity index (χ2v) is 6.36. The van der Waals surface area contributed by atoms with Crippen molar-refractivity contribution in [2.75, 3.05) is 18.8 Å². The zero-order valence-electron chi connectivity index (χ0n) is 12.9. The van der Waals surface area contributed by atoms with Gasteiger partial charge < -0.3 is 5.32 Å². The molecule has 1 aromatic rings. The third kappa shape index (κ3) is 10.3. The van der Waals surface area contributed by atoms with Gasteiger partial charge in [0.05, 0.1) is 5.03 Å². The third-order valence-electron chi connectivity index (χ3n) is 3.34. The number of nitrogens with zero attached hydrogens (tertiary/aromatic N) is 1. The second kappa shape index (κ2) is 13.4. The summed E-state index contributed by atoms with van der Waals surface area (Å²) in [5, 5.41) is 4.70. The van der Waals surface area contributed by atoms with Crippen molar-refractivity contribution in [1.29, 1.82) is 0 Å². The summed E-state index contributed by atoms with van der Waals surface area (Å²) in [5.41, 5.74) is 0. The van der Waals surface area contributed by atoms with Crippen molar-refractivity contribution < 1.29 is 0 Å². The Morgan fingerprint density at radius 3 is 2.45 bits per heavy atom. The summed E-state index contributed by atoms with van der Waals surface area (Å²) in [5.74, 6) is 1.18. The van der Waals surface area contributed by atoms with Crippen molar-refractivity contribution in [3.05, 3.63) is 24.4 Å². The normalized spacial score (nSPS) is 10.8. The van der Waals surface area contributed by atoms with E-state index in [0.29, 0.717) is 0 Å². The lowest BCUT2D eigenvalue weighted by Gasteiger charge is -2.05. The molecule has 0 unspecified atom stereocenters. The van der Waals surface area contributed by atoms with Gasteiger partial charge in [-0.15, -0.1) is 11.8 Å². The molecule has 0 bridgehead atoms. The first-order valence-corrected chi connectivity index (χ1v) is 9.16. The van der Waals surface area contributed by atoms with E-state index in [1.165, 1.54) is 63.7 Å². The van der Waals surface area contributed by atoms with Gasteiger partial charge in [-0.2, -0.15) is 0 Å². The molecule has 20 heavy (non-hydrogen) atoms. The predicted octanol–water partition coefficient (Wildman–Crippen LogP) is 4.90. The average molecular weight is 295 g/mol. The fourth-order valence-corrected chi connectivity index (χ4v) is 2.98. The molecule has 114 valence electrons. The van der Waals surface area contributed by atoms with Gasteiger partial charge in [0.15, 0.2) is 0 Å². The molecule has 0 saturated carbocycles. The molecule has 1 aromatic heterocycles. The van der Waals surface area contributed by atoms with Gasteiger partial charge in [0, 0.05) is 6.20 Å². The number of hydrogen-bond acceptors (Lipinski definition) is 3. The topological polar surface area (TPSA) is 24.9 Å². The van der Waals surface area contributed by atoms with Crippen LogP contribution in [0.2, 0.25) is 0 Å². The maximum atomic E-state index is 4.31. The van der Waals surface area contributed by atoms with E-state index >= 15 is 0 Å². The van der Waals surface area contributed by atoms with Crippen molar-refractivity contribution in [3.8, 4) is 0 Å². The summed E-state index contributed by atoms with van der Waals surface area (Å²) in [7, 11) is 0. The molecule has 0 radical (unpaired) electrons. The van der Waals surface area contributed by atoms with E-state index in [2.05, 4.69) is 29.4 Å². The van der Waals surface area contributed by atoms with Crippen molar-refractivity contribution >= 4 is 11.8 Å². The first kappa shape index (κ1) is 17.5. The van der Waals surface area contributed by atoms with E-state index in [0.717, 1.165) is 11.6 Å². The third-order valence-corrected chi connectivity index (χ3v) is 4.37. The van der Waals surface area contributed by atoms with Crippen LogP contribution in [0, 0.1) is 0 Å². The number of hydrogen-bond donors (Lipinski definition) is 1. The van der Waals surface area contributed by atoms with Gasteiger partial charge in [0.2, 0.25) is 0 Å². The van der Waals surface area contributed by atoms with Crippen molar-refractivity contribution in [1.82, 2.24) is 10.3 Å². The zero-order valence-corrected chi connectivity index (χ0v) is 13.8. The van der Waals surface area contributed by atoms with Crippen molar-refractivity contribution in [3.63, 3.8) is 0 Å². The minimum atomic E-state index is 1.15. The molecule has 0 aliphatic heterocycles. The Labute approximate surface area is 129 Å². The summed E-state index contributed by atoms with van der Waals surface area (Å²) < 4.78 is 0. The fourth-order valence-electron chi connectivity index (χ4n) is 2.12. The summed E-state index contributed by atoms with van der Waals surface area (Å²) in [6.07, 6.45) is 12.7. The van der Waals surface area contributed by atoms with Crippen LogP contribution < -0.4 is 5.32 Å². The molecule has 0 fully saturated rings. The Kier molecular flexibility index (Phi) is 11.8. The zero-order chi connectivity index (χ0) is 14.3. The van der Waals surface area contributed by atoms with Gasteiger partial charge >= 0.3 is 0 Å². The molecule has 0 aliphatic rings. The standard InChI is InChI=1S/C17H30N2S/c1-2-3-4-5-6-8-13-18-14-10-11-16-20-17-12-7-9-15-19-17/h7,9,12,15,18H,2-6,8,10-11,13-14,16H2,1H3. The maximum absolute atomic E-state index is 4.31. The Hall–Kier alpha value is -0.540. The van der Waals surface area contributed by atoms with Gasteiger partial charge in [-0.25, -0.2) is 4.98 Å². The minimum absolute atomic E-state index is 1.15. The molecular weight excluding hydrogens is 264 g/mol. The molecule has 0 amide bonds. The highest BCUT2D eigenvalue weighted by molar-refractivity contribution is 7.99. The Morgan fingerprint density at radius 2 is 1.70 bits per heavy atom. The molecule has 1 rings (SSSR count). The highest BCUT2D eigenvalue weighted by Gasteiger charge is 1.94. The largest absolute Gasteiger partial charge is 0.317 e. The summed E-state index contributed by atoms with van der Waals surface area (Å²) in [4.78, 5) is 4.31. The number of pyridine rings is 1. The van der Waals surface area contributed by atoms with Gasteiger partial charge in [0.1, 0.15) is 0 Å². The van der Waals surface area contributed by atoms with Crippen LogP contribution in [-0.4, -0.2) is 23.8 Å². The lowest BCUT2D eigenvalue weighted by Crippen LogP contribution is -2.16. The molecule has 0 saturated heterocycles. The van der Waals surface area contributed by atoms with Crippen LogP contribution in [0.4, 0.5) is 0 Å². The quantitative estimate of drug-likeness (QED) is 0.413. The van der Waals surface area contributed by atoms with Crippen LogP contribution in [0.25, 0.3) is 0 Å². The van der Waals surface area contributed by atoms with Gasteiger partial charge in [0.25, 0.3) is 0 Å². The molecule has 3 heteroatoms. The van der Waals surface area contributed by atoms with E-state index in [-0.39, 0.29) is 0 Å². The summed E-state index contributed by atoms with van der Waals surface area (Å²) >= 11 is 1.86. The molecular formula is C17H30N2S. The number of nitrogens with one attached hydrogen (secondary N) is 1. The van der Waals surface area contributed by atoms with Gasteiger partial charge in [-0.1, -0.05) is 45.1 Å². The molecule has 1 N–H and O–H groups in total. The molecule has 2 nitrogen and oxygen atoms in total. The van der Waals surface area contributed by atoms with E-state index in [1.807, 2.05) is 24.0 Å². The highest BCUT2D eigenvalue weighted by atomic mass is 32.2. The molecule has 0 spiro atoms. The Balaban J connectivity index is 1.77. The van der Waals surface area contributed by atoms with E-state index in [1.54, 1.807) is 0 Å². The maximum Gasteiger partial charge on any atom is 0.0959 e. The SMILES string of the molecule is CCCCCCCCNCCCCSc1ccccn1. The first-order chi connectivity index (χ1) is 9.93. The monoisotopic (exact) mass is 294 g/mol. The minimum Gasteiger partial charge on any atom is -0.317 e. The summed E-state index contributed by atoms with van der Waals surface area (Å²) in [6, 6.07) is 6.11. The average Bonchev–Trinajstić information content (AvgIpc) is 2.49. The van der Waals surface area contributed by atoms with E-state index in [4.69, 9.17) is 0 Å². The molecule has 1 heterocycles. The van der Waals surface area contributed by atoms with Crippen LogP contribution >= 0.6 is 11.8 Å². The number of rotatable bonds is 13. The number of thioether (sulfide) groups is 1. The van der Waals surface area contributed by atoms with Crippen LogP contribution in [0.3, 0.4) is 0 Å². The van der Waals surface area contributed by atoms with Gasteiger partial charge in [-0.05, 0) is 50.2 Å². The predicted molar refractivity (Wildman–Crippen MR) is 90.4 cm³/mol. The lowest BCUT2D eigenvalue weighted by atomic mass is 10.1. The first-order valence-electron chi connectivity index (χ1n) is 8.18. The number of unbranched alkanes of at least 4 members (excludes halogenated alkanes) is 6. The smallest absolute Gasteiger partial charge is 0.0959 e. The van der Waals surface area contributed by atoms with E-state index < -0.39 is 0 Å². The Morgan fingerprint density at radius 1 is 0.950 bits per heavy atom. The molecule has 0 atom stereocenters. The van der Waals surface area contributed by atoms with E-state index in [9.17, 15) is 0 Å². The van der Waals surface area contributed by atoms with Crippen LogP contribution in [0.5, 0.6) is 0 Å². The van der Waals surface area contributed by atoms with Crippen LogP contribution in [-0.2, 0) is 0 Å². The summed E-state index contributed by atoms with van der Waals surface area (Å²) in [6.45, 7) is 4.63. The molecule has 0 aliphatic carbocycles. The van der Waals surface area contributed by atoms with Crippen LogP contribution in [0.1, 0.15) is 58.3 Å². The highest BCUT2D eigenvalue weighted by Crippen LogP contribution is 2.15. The van der Waals surface area contributed by atoms with Crippen molar-refractivity contribution in [2.24, 2.45) is 0 Å². The van der Waals surface area contributed by atoms with Crippen molar-refractivity contribution in [2.45, 2.75) is 63.3 Å². The second-order valence-electron chi connectivity index (χ2n) is 5.24. The van der Waals surface area contributed by atoms with Gasteiger partial charge in [-0.3, -0.25) is 0 Å². The number of aromatic nitrogens is 1. The van der Waals surface area contributed by atoms with Crippen LogP contribution in [0.15, 0.2) is 29.4 Å². The molecule has 0 aromatic carbocycles. The lowest BCUT2D eigenvalue weighted by molar-refractivity contribution is 0.563.